The number of carboxylic acid groups (broad SMARTS) is 1. The highest BCUT2D eigenvalue weighted by atomic mass is 35.5. The molecule has 206 valence electrons. The Morgan fingerprint density at radius 3 is 2.34 bits per heavy atom. The van der Waals surface area contributed by atoms with Crippen molar-refractivity contribution >= 4 is 45.1 Å². The number of carbonyl (C=O) groups is 2. The van der Waals surface area contributed by atoms with Gasteiger partial charge in [-0.05, 0) is 67.5 Å². The molecule has 2 aromatic carbocycles. The maximum atomic E-state index is 14.4. The second-order valence-corrected chi connectivity index (χ2v) is 14.0. The fraction of sp³-hybridized carbons (Fsp3) is 0.500. The summed E-state index contributed by atoms with van der Waals surface area (Å²) in [6.07, 6.45) is 1.73. The summed E-state index contributed by atoms with van der Waals surface area (Å²) < 4.78 is 26.8. The molecule has 4 rings (SSSR count). The Balaban J connectivity index is 1.91. The minimum Gasteiger partial charge on any atom is -0.481 e. The van der Waals surface area contributed by atoms with E-state index in [1.54, 1.807) is 44.0 Å². The molecule has 2 fully saturated rings. The number of amides is 1. The molecule has 1 aliphatic heterocycles. The van der Waals surface area contributed by atoms with Crippen LogP contribution in [0.1, 0.15) is 62.6 Å². The zero-order valence-corrected chi connectivity index (χ0v) is 24.1. The molecule has 1 amide bonds. The van der Waals surface area contributed by atoms with Crippen LogP contribution in [0.25, 0.3) is 0 Å². The maximum absolute atomic E-state index is 14.4. The minimum atomic E-state index is -3.50. The molecule has 4 unspecified atom stereocenters. The van der Waals surface area contributed by atoms with Gasteiger partial charge in [0.1, 0.15) is 0 Å². The zero-order valence-electron chi connectivity index (χ0n) is 21.8. The number of rotatable bonds is 10. The third-order valence-corrected chi connectivity index (χ3v) is 10.3. The number of halogens is 2. The smallest absolute Gasteiger partial charge is 0.304 e. The molecular weight excluding hydrogens is 547 g/mol. The van der Waals surface area contributed by atoms with Gasteiger partial charge in [-0.3, -0.25) is 9.59 Å². The first kappa shape index (κ1) is 28.9. The van der Waals surface area contributed by atoms with E-state index in [1.807, 2.05) is 30.3 Å². The van der Waals surface area contributed by atoms with Gasteiger partial charge in [0.25, 0.3) is 0 Å². The van der Waals surface area contributed by atoms with Crippen LogP contribution in [0, 0.1) is 11.3 Å². The predicted molar refractivity (Wildman–Crippen MR) is 149 cm³/mol. The number of nitrogens with zero attached hydrogens (tertiary/aromatic N) is 2. The van der Waals surface area contributed by atoms with Gasteiger partial charge in [-0.15, -0.1) is 0 Å². The molecule has 0 spiro atoms. The molecule has 4 atom stereocenters. The molecule has 38 heavy (non-hydrogen) atoms. The number of hydrogen-bond acceptors (Lipinski definition) is 4. The summed E-state index contributed by atoms with van der Waals surface area (Å²) in [5, 5.41) is 10.9. The lowest BCUT2D eigenvalue weighted by molar-refractivity contribution is -0.161. The van der Waals surface area contributed by atoms with E-state index < -0.39 is 33.5 Å². The summed E-state index contributed by atoms with van der Waals surface area (Å²) in [7, 11) is -1.95. The van der Waals surface area contributed by atoms with Crippen LogP contribution < -0.4 is 0 Å². The molecule has 0 radical (unpaired) electrons. The van der Waals surface area contributed by atoms with Crippen LogP contribution in [0.4, 0.5) is 0 Å². The van der Waals surface area contributed by atoms with Gasteiger partial charge >= 0.3 is 5.97 Å². The van der Waals surface area contributed by atoms with Crippen LogP contribution in [0.5, 0.6) is 0 Å². The molecule has 1 saturated carbocycles. The summed E-state index contributed by atoms with van der Waals surface area (Å²) in [4.78, 5) is 28.2. The van der Waals surface area contributed by atoms with Crippen molar-refractivity contribution < 1.29 is 23.1 Å². The molecule has 1 saturated heterocycles. The maximum Gasteiger partial charge on any atom is 0.304 e. The average molecular weight is 582 g/mol. The van der Waals surface area contributed by atoms with E-state index in [1.165, 1.54) is 4.31 Å². The number of aliphatic carboxylic acids is 1. The summed E-state index contributed by atoms with van der Waals surface area (Å²) in [5.74, 6) is -1.51. The number of likely N-dealkylation sites (tertiary alicyclic amines) is 1. The lowest BCUT2D eigenvalue weighted by Crippen LogP contribution is -2.59. The first-order valence-corrected chi connectivity index (χ1v) is 15.2. The number of hydrogen-bond donors (Lipinski definition) is 1. The van der Waals surface area contributed by atoms with Crippen molar-refractivity contribution in [3.63, 3.8) is 0 Å². The minimum absolute atomic E-state index is 0.0443. The van der Waals surface area contributed by atoms with Crippen molar-refractivity contribution in [2.75, 3.05) is 19.3 Å². The number of sulfonamides is 1. The number of carbonyl (C=O) groups excluding carboxylic acids is 1. The first-order chi connectivity index (χ1) is 17.9. The summed E-state index contributed by atoms with van der Waals surface area (Å²) >= 11 is 12.6. The normalized spacial score (nSPS) is 25.0. The Labute approximate surface area is 234 Å². The van der Waals surface area contributed by atoms with E-state index in [0.717, 1.165) is 24.0 Å². The monoisotopic (exact) mass is 580 g/mol. The van der Waals surface area contributed by atoms with Gasteiger partial charge in [0.2, 0.25) is 15.9 Å². The van der Waals surface area contributed by atoms with Crippen molar-refractivity contribution in [1.82, 2.24) is 9.21 Å². The van der Waals surface area contributed by atoms with Gasteiger partial charge in [0, 0.05) is 35.6 Å². The molecule has 1 heterocycles. The fourth-order valence-corrected chi connectivity index (χ4v) is 6.93. The predicted octanol–water partition coefficient (Wildman–Crippen LogP) is 5.59. The number of likely N-dealkylation sites (N-methyl/N-ethyl adjacent to an activating group) is 1. The molecular formula is C28H34Cl2N2O5S. The lowest BCUT2D eigenvalue weighted by Gasteiger charge is -2.52. The quantitative estimate of drug-likeness (QED) is 0.395. The molecule has 0 aromatic heterocycles. The van der Waals surface area contributed by atoms with E-state index in [-0.39, 0.29) is 36.5 Å². The summed E-state index contributed by atoms with van der Waals surface area (Å²) in [5.41, 5.74) is 0.573. The fourth-order valence-electron chi connectivity index (χ4n) is 5.79. The van der Waals surface area contributed by atoms with Crippen LogP contribution >= 0.6 is 23.2 Å². The van der Waals surface area contributed by atoms with Gasteiger partial charge in [-0.25, -0.2) is 12.7 Å². The van der Waals surface area contributed by atoms with Gasteiger partial charge in [0.05, 0.1) is 23.6 Å². The van der Waals surface area contributed by atoms with E-state index in [4.69, 9.17) is 23.2 Å². The third kappa shape index (κ3) is 6.03. The summed E-state index contributed by atoms with van der Waals surface area (Å²) in [6.45, 7) is 3.45. The van der Waals surface area contributed by atoms with Crippen molar-refractivity contribution in [3.8, 4) is 0 Å². The van der Waals surface area contributed by atoms with Gasteiger partial charge in [-0.2, -0.15) is 0 Å². The molecule has 0 bridgehead atoms. The molecule has 10 heteroatoms. The Bertz CT molecular complexity index is 1300. The van der Waals surface area contributed by atoms with Crippen molar-refractivity contribution in [3.05, 3.63) is 69.7 Å². The lowest BCUT2D eigenvalue weighted by atomic mass is 9.67. The van der Waals surface area contributed by atoms with Gasteiger partial charge in [-0.1, -0.05) is 54.4 Å². The Morgan fingerprint density at radius 2 is 1.79 bits per heavy atom. The first-order valence-electron chi connectivity index (χ1n) is 12.9. The summed E-state index contributed by atoms with van der Waals surface area (Å²) in [6, 6.07) is 13.9. The van der Waals surface area contributed by atoms with Crippen LogP contribution in [0.2, 0.25) is 10.0 Å². The molecule has 1 N–H and O–H groups in total. The second kappa shape index (κ2) is 11.2. The van der Waals surface area contributed by atoms with Crippen molar-refractivity contribution in [2.24, 2.45) is 11.3 Å². The second-order valence-electron chi connectivity index (χ2n) is 10.8. The van der Waals surface area contributed by atoms with Crippen LogP contribution in [-0.2, 0) is 19.6 Å². The molecule has 7 nitrogen and oxygen atoms in total. The Hall–Kier alpha value is -2.13. The Morgan fingerprint density at radius 1 is 1.13 bits per heavy atom. The number of benzene rings is 2. The van der Waals surface area contributed by atoms with Crippen LogP contribution in [0.15, 0.2) is 48.5 Å². The highest BCUT2D eigenvalue weighted by Gasteiger charge is 2.54. The van der Waals surface area contributed by atoms with Crippen molar-refractivity contribution in [1.29, 1.82) is 0 Å². The van der Waals surface area contributed by atoms with Gasteiger partial charge in [0.15, 0.2) is 0 Å². The Kier molecular flexibility index (Phi) is 8.48. The van der Waals surface area contributed by atoms with Crippen LogP contribution in [0.3, 0.4) is 0 Å². The van der Waals surface area contributed by atoms with Gasteiger partial charge < -0.3 is 10.0 Å². The average Bonchev–Trinajstić information content (AvgIpc) is 3.70. The van der Waals surface area contributed by atoms with Crippen LogP contribution in [-0.4, -0.2) is 60.0 Å². The van der Waals surface area contributed by atoms with E-state index in [2.05, 4.69) is 0 Å². The highest BCUT2D eigenvalue weighted by molar-refractivity contribution is 7.89. The highest BCUT2D eigenvalue weighted by Crippen LogP contribution is 2.54. The van der Waals surface area contributed by atoms with Crippen molar-refractivity contribution in [2.45, 2.75) is 57.5 Å². The number of piperidine rings is 1. The molecule has 1 aliphatic carbocycles. The molecule has 2 aliphatic rings. The van der Waals surface area contributed by atoms with E-state index in [9.17, 15) is 23.1 Å². The standard InChI is InChI=1S/C28H34Cl2N2O5S/c1-4-38(36,37)31(3)17-24(18-8-9-18)32-26(19-10-12-21(29)13-11-19)23(20-6-5-7-22(30)14-20)15-28(2,27(32)35)16-25(33)34/h5-7,10-14,18,23-24,26H,4,8-9,15-17H2,1-3H3,(H,33,34). The van der Waals surface area contributed by atoms with E-state index in [0.29, 0.717) is 16.5 Å². The topological polar surface area (TPSA) is 95.0 Å². The zero-order chi connectivity index (χ0) is 27.8. The van der Waals surface area contributed by atoms with E-state index >= 15 is 0 Å². The third-order valence-electron chi connectivity index (χ3n) is 7.94. The SMILES string of the molecule is CCS(=O)(=O)N(C)CC(C1CC1)N1C(=O)C(C)(CC(=O)O)CC(c2cccc(Cl)c2)C1c1ccc(Cl)cc1. The largest absolute Gasteiger partial charge is 0.481 e. The molecule has 2 aromatic rings. The number of carboxylic acids is 1.